The maximum atomic E-state index is 5.20. The van der Waals surface area contributed by atoms with Gasteiger partial charge in [0.15, 0.2) is 5.82 Å². The van der Waals surface area contributed by atoms with Crippen LogP contribution in [0.1, 0.15) is 25.0 Å². The molecule has 0 aliphatic heterocycles. The van der Waals surface area contributed by atoms with E-state index in [4.69, 9.17) is 9.97 Å². The fourth-order valence-electron chi connectivity index (χ4n) is 7.52. The van der Waals surface area contributed by atoms with E-state index in [1.54, 1.807) is 0 Å². The number of hydrogen-bond acceptors (Lipinski definition) is 3. The Morgan fingerprint density at radius 2 is 1.15 bits per heavy atom. The molecule has 0 fully saturated rings. The van der Waals surface area contributed by atoms with E-state index in [-0.39, 0.29) is 5.41 Å². The summed E-state index contributed by atoms with van der Waals surface area (Å²) in [6.45, 7) is 4.71. The Kier molecular flexibility index (Phi) is 6.16. The lowest BCUT2D eigenvalue weighted by Gasteiger charge is -2.25. The summed E-state index contributed by atoms with van der Waals surface area (Å²) in [7, 11) is 0. The molecule has 0 spiro atoms. The van der Waals surface area contributed by atoms with Crippen molar-refractivity contribution in [1.29, 1.82) is 0 Å². The molecule has 0 amide bonds. The summed E-state index contributed by atoms with van der Waals surface area (Å²) in [5.41, 5.74) is 12.7. The number of rotatable bonds is 4. The second-order valence-electron chi connectivity index (χ2n) is 12.9. The molecule has 222 valence electrons. The highest BCUT2D eigenvalue weighted by Gasteiger charge is 2.37. The molecule has 47 heavy (non-hydrogen) atoms. The van der Waals surface area contributed by atoms with Crippen LogP contribution in [0.15, 0.2) is 152 Å². The van der Waals surface area contributed by atoms with Crippen molar-refractivity contribution in [1.82, 2.24) is 15.0 Å². The lowest BCUT2D eigenvalue weighted by atomic mass is 9.78. The van der Waals surface area contributed by atoms with Crippen LogP contribution in [0, 0.1) is 0 Å². The van der Waals surface area contributed by atoms with Gasteiger partial charge in [-0.1, -0.05) is 135 Å². The van der Waals surface area contributed by atoms with E-state index in [1.807, 2.05) is 36.7 Å². The predicted octanol–water partition coefficient (Wildman–Crippen LogP) is 11.2. The smallest absolute Gasteiger partial charge is 0.160 e. The minimum atomic E-state index is -0.107. The predicted molar refractivity (Wildman–Crippen MR) is 194 cm³/mol. The highest BCUT2D eigenvalue weighted by molar-refractivity contribution is 6.06. The molecule has 0 N–H and O–H groups in total. The first-order chi connectivity index (χ1) is 23.1. The average Bonchev–Trinajstić information content (AvgIpc) is 3.37. The molecule has 6 aromatic carbocycles. The highest BCUT2D eigenvalue weighted by Crippen LogP contribution is 2.53. The highest BCUT2D eigenvalue weighted by atomic mass is 14.9. The summed E-state index contributed by atoms with van der Waals surface area (Å²) >= 11 is 0. The van der Waals surface area contributed by atoms with Gasteiger partial charge in [0, 0.05) is 39.9 Å². The van der Waals surface area contributed by atoms with E-state index in [1.165, 1.54) is 44.2 Å². The van der Waals surface area contributed by atoms with Gasteiger partial charge in [-0.2, -0.15) is 0 Å². The average molecular weight is 602 g/mol. The summed E-state index contributed by atoms with van der Waals surface area (Å²) in [4.78, 5) is 14.6. The normalized spacial score (nSPS) is 13.1. The van der Waals surface area contributed by atoms with Crippen LogP contribution < -0.4 is 0 Å². The van der Waals surface area contributed by atoms with Gasteiger partial charge in [0.1, 0.15) is 0 Å². The monoisotopic (exact) mass is 601 g/mol. The van der Waals surface area contributed by atoms with Crippen molar-refractivity contribution in [3.05, 3.63) is 163 Å². The van der Waals surface area contributed by atoms with Crippen LogP contribution in [-0.4, -0.2) is 15.0 Å². The van der Waals surface area contributed by atoms with Crippen LogP contribution in [0.5, 0.6) is 0 Å². The zero-order chi connectivity index (χ0) is 31.5. The number of nitrogens with zero attached hydrogens (tertiary/aromatic N) is 3. The molecule has 0 saturated heterocycles. The lowest BCUT2D eigenvalue weighted by Crippen LogP contribution is -2.16. The molecule has 0 radical (unpaired) electrons. The topological polar surface area (TPSA) is 38.7 Å². The fraction of sp³-hybridized carbons (Fsp3) is 0.0682. The quantitative estimate of drug-likeness (QED) is 0.201. The van der Waals surface area contributed by atoms with E-state index in [9.17, 15) is 0 Å². The third kappa shape index (κ3) is 4.39. The first-order valence-electron chi connectivity index (χ1n) is 16.1. The Morgan fingerprint density at radius 3 is 2.00 bits per heavy atom. The van der Waals surface area contributed by atoms with Gasteiger partial charge < -0.3 is 0 Å². The van der Waals surface area contributed by atoms with Crippen LogP contribution in [0.2, 0.25) is 0 Å². The van der Waals surface area contributed by atoms with Gasteiger partial charge in [-0.05, 0) is 67.7 Å². The van der Waals surface area contributed by atoms with Crippen molar-refractivity contribution in [2.24, 2.45) is 0 Å². The number of benzene rings is 6. The molecule has 2 heterocycles. The van der Waals surface area contributed by atoms with Gasteiger partial charge in [0.25, 0.3) is 0 Å². The number of fused-ring (bicyclic) bond motifs is 5. The van der Waals surface area contributed by atoms with Crippen LogP contribution in [-0.2, 0) is 5.41 Å². The minimum absolute atomic E-state index is 0.107. The maximum Gasteiger partial charge on any atom is 0.160 e. The van der Waals surface area contributed by atoms with Crippen molar-refractivity contribution >= 4 is 21.5 Å². The SMILES string of the molecule is CC1(C)c2ccccc2-c2cccc(-c3ccc(-c4cc(-c5ccc6ccncc6c5)nc(-c5ccccc5)n4)c4ccccc34)c21. The summed E-state index contributed by atoms with van der Waals surface area (Å²) < 4.78 is 0. The van der Waals surface area contributed by atoms with Gasteiger partial charge in [-0.3, -0.25) is 4.98 Å². The van der Waals surface area contributed by atoms with Gasteiger partial charge in [-0.15, -0.1) is 0 Å². The van der Waals surface area contributed by atoms with E-state index in [0.29, 0.717) is 5.82 Å². The van der Waals surface area contributed by atoms with Crippen molar-refractivity contribution < 1.29 is 0 Å². The molecule has 9 rings (SSSR count). The standard InChI is InChI=1S/C44H31N3/c1-44(2)39-18-9-8-15-35(39)38-17-10-16-37(42(38)44)34-21-22-36(33-14-7-6-13-32(33)34)41-26-40(46-43(47-41)29-11-4-3-5-12-29)30-20-19-28-23-24-45-27-31(28)25-30/h3-27H,1-2H3. The van der Waals surface area contributed by atoms with Crippen LogP contribution in [0.4, 0.5) is 0 Å². The Balaban J connectivity index is 1.26. The largest absolute Gasteiger partial charge is 0.264 e. The molecular weight excluding hydrogens is 571 g/mol. The lowest BCUT2D eigenvalue weighted by molar-refractivity contribution is 0.662. The van der Waals surface area contributed by atoms with Gasteiger partial charge in [0.05, 0.1) is 11.4 Å². The molecule has 3 nitrogen and oxygen atoms in total. The van der Waals surface area contributed by atoms with Gasteiger partial charge >= 0.3 is 0 Å². The molecule has 3 heteroatoms. The Hall–Kier alpha value is -5.93. The molecule has 1 aliphatic rings. The van der Waals surface area contributed by atoms with Crippen molar-refractivity contribution in [2.75, 3.05) is 0 Å². The molecule has 8 aromatic rings. The van der Waals surface area contributed by atoms with Crippen LogP contribution in [0.3, 0.4) is 0 Å². The molecule has 0 atom stereocenters. The van der Waals surface area contributed by atoms with E-state index >= 15 is 0 Å². The fourth-order valence-corrected chi connectivity index (χ4v) is 7.52. The molecular formula is C44H31N3. The molecule has 1 aliphatic carbocycles. The summed E-state index contributed by atoms with van der Waals surface area (Å²) in [5.74, 6) is 0.706. The van der Waals surface area contributed by atoms with Crippen LogP contribution in [0.25, 0.3) is 77.7 Å². The first-order valence-corrected chi connectivity index (χ1v) is 16.1. The number of aromatic nitrogens is 3. The maximum absolute atomic E-state index is 5.20. The summed E-state index contributed by atoms with van der Waals surface area (Å²) in [6, 6.07) is 49.8. The number of hydrogen-bond donors (Lipinski definition) is 0. The van der Waals surface area contributed by atoms with E-state index in [0.717, 1.165) is 38.9 Å². The zero-order valence-corrected chi connectivity index (χ0v) is 26.3. The van der Waals surface area contributed by atoms with Crippen molar-refractivity contribution in [3.63, 3.8) is 0 Å². The van der Waals surface area contributed by atoms with Gasteiger partial charge in [-0.25, -0.2) is 9.97 Å². The van der Waals surface area contributed by atoms with Crippen molar-refractivity contribution in [3.8, 4) is 56.2 Å². The zero-order valence-electron chi connectivity index (χ0n) is 26.3. The Labute approximate surface area is 274 Å². The van der Waals surface area contributed by atoms with Crippen LogP contribution >= 0.6 is 0 Å². The number of pyridine rings is 1. The molecule has 0 unspecified atom stereocenters. The van der Waals surface area contributed by atoms with E-state index < -0.39 is 0 Å². The van der Waals surface area contributed by atoms with Crippen molar-refractivity contribution in [2.45, 2.75) is 19.3 Å². The molecule has 0 saturated carbocycles. The third-order valence-electron chi connectivity index (χ3n) is 9.76. The minimum Gasteiger partial charge on any atom is -0.264 e. The summed E-state index contributed by atoms with van der Waals surface area (Å²) in [6.07, 6.45) is 3.74. The Bertz CT molecular complexity index is 2490. The second kappa shape index (κ2) is 10.6. The van der Waals surface area contributed by atoms with Gasteiger partial charge in [0.2, 0.25) is 0 Å². The molecule has 0 bridgehead atoms. The van der Waals surface area contributed by atoms with E-state index in [2.05, 4.69) is 134 Å². The Morgan fingerprint density at radius 1 is 0.468 bits per heavy atom. The first kappa shape index (κ1) is 27.4. The third-order valence-corrected chi connectivity index (χ3v) is 9.76. The second-order valence-corrected chi connectivity index (χ2v) is 12.9. The summed E-state index contributed by atoms with van der Waals surface area (Å²) in [5, 5.41) is 4.62. The molecule has 2 aromatic heterocycles.